The molecule has 0 saturated carbocycles. The highest BCUT2D eigenvalue weighted by Crippen LogP contribution is 2.34. The lowest BCUT2D eigenvalue weighted by Crippen LogP contribution is -2.41. The van der Waals surface area contributed by atoms with E-state index in [-0.39, 0.29) is 12.5 Å². The number of H-pyrrole nitrogens is 1. The van der Waals surface area contributed by atoms with Crippen LogP contribution in [-0.4, -0.2) is 52.5 Å². The monoisotopic (exact) mass is 357 g/mol. The summed E-state index contributed by atoms with van der Waals surface area (Å²) in [5.74, 6) is -1.35. The number of benzene rings is 1. The van der Waals surface area contributed by atoms with Crippen LogP contribution in [0.2, 0.25) is 0 Å². The summed E-state index contributed by atoms with van der Waals surface area (Å²) in [5, 5.41) is 12.5. The van der Waals surface area contributed by atoms with Gasteiger partial charge in [0.2, 0.25) is 0 Å². The van der Waals surface area contributed by atoms with Gasteiger partial charge in [0.15, 0.2) is 0 Å². The molecule has 2 aromatic rings. The van der Waals surface area contributed by atoms with Gasteiger partial charge in [0.1, 0.15) is 6.54 Å². The van der Waals surface area contributed by atoms with E-state index in [1.54, 1.807) is 0 Å². The largest absolute Gasteiger partial charge is 0.480 e. The van der Waals surface area contributed by atoms with Crippen molar-refractivity contribution in [2.45, 2.75) is 45.6 Å². The highest BCUT2D eigenvalue weighted by Gasteiger charge is 2.29. The van der Waals surface area contributed by atoms with E-state index in [9.17, 15) is 9.59 Å². The molecule has 1 aromatic heterocycles. The number of carboxylic acids is 1. The average Bonchev–Trinajstić information content (AvgIpc) is 3.04. The van der Waals surface area contributed by atoms with Crippen LogP contribution in [0.4, 0.5) is 0 Å². The lowest BCUT2D eigenvalue weighted by atomic mass is 9.85. The van der Waals surface area contributed by atoms with E-state index in [2.05, 4.69) is 35.2 Å². The normalized spacial score (nSPS) is 16.2. The summed E-state index contributed by atoms with van der Waals surface area (Å²) in [6.45, 7) is 6.12. The number of hydrogen-bond acceptors (Lipinski definition) is 3. The molecule has 1 aliphatic rings. The third-order valence-electron chi connectivity index (χ3n) is 5.11. The molecule has 6 nitrogen and oxygen atoms in total. The molecule has 1 unspecified atom stereocenters. The lowest BCUT2D eigenvalue weighted by molar-refractivity contribution is -0.135. The maximum atomic E-state index is 12.6. The molecule has 0 bridgehead atoms. The molecule has 1 atom stereocenters. The Morgan fingerprint density at radius 2 is 1.96 bits per heavy atom. The number of carboxylic acid groups (broad SMARTS) is 1. The highest BCUT2D eigenvalue weighted by molar-refractivity contribution is 6.03. The predicted molar refractivity (Wildman–Crippen MR) is 102 cm³/mol. The first-order valence-electron chi connectivity index (χ1n) is 9.41. The topological polar surface area (TPSA) is 85.4 Å². The van der Waals surface area contributed by atoms with Gasteiger partial charge in [0.05, 0.1) is 0 Å². The standard InChI is InChI=1S/C20H27N3O3/c1-3-7-23(8-4-2)14-9-13-11-21-17-6-5-15(16(10-14)19(13)17)20(26)22-12-18(24)25/h5-6,11,14,21H,3-4,7-10,12H2,1-2H3,(H,22,26)(H,24,25). The Bertz CT molecular complexity index is 806. The summed E-state index contributed by atoms with van der Waals surface area (Å²) in [5.41, 5.74) is 3.92. The van der Waals surface area contributed by atoms with Gasteiger partial charge in [-0.3, -0.25) is 14.5 Å². The molecule has 3 N–H and O–H groups in total. The van der Waals surface area contributed by atoms with Crippen LogP contribution in [0.3, 0.4) is 0 Å². The van der Waals surface area contributed by atoms with Crippen molar-refractivity contribution in [3.05, 3.63) is 35.0 Å². The number of hydrogen-bond donors (Lipinski definition) is 3. The molecular weight excluding hydrogens is 330 g/mol. The molecule has 1 aliphatic carbocycles. The fraction of sp³-hybridized carbons (Fsp3) is 0.500. The number of rotatable bonds is 8. The van der Waals surface area contributed by atoms with Crippen LogP contribution in [0.1, 0.15) is 48.2 Å². The zero-order chi connectivity index (χ0) is 18.7. The first-order valence-corrected chi connectivity index (χ1v) is 9.41. The van der Waals surface area contributed by atoms with Crippen molar-refractivity contribution in [3.63, 3.8) is 0 Å². The Morgan fingerprint density at radius 3 is 2.62 bits per heavy atom. The second-order valence-electron chi connectivity index (χ2n) is 7.00. The molecule has 6 heteroatoms. The number of amides is 1. The van der Waals surface area contributed by atoms with Crippen molar-refractivity contribution in [2.75, 3.05) is 19.6 Å². The highest BCUT2D eigenvalue weighted by atomic mass is 16.4. The first-order chi connectivity index (χ1) is 12.5. The van der Waals surface area contributed by atoms with Crippen molar-refractivity contribution in [3.8, 4) is 0 Å². The number of carbonyl (C=O) groups is 2. The van der Waals surface area contributed by atoms with Crippen LogP contribution in [0.15, 0.2) is 18.3 Å². The lowest BCUT2D eigenvalue weighted by Gasteiger charge is -2.34. The maximum absolute atomic E-state index is 12.6. The zero-order valence-corrected chi connectivity index (χ0v) is 15.5. The molecule has 1 amide bonds. The second kappa shape index (κ2) is 7.91. The Kier molecular flexibility index (Phi) is 5.61. The van der Waals surface area contributed by atoms with Gasteiger partial charge in [-0.2, -0.15) is 0 Å². The number of aliphatic carboxylic acids is 1. The quantitative estimate of drug-likeness (QED) is 0.678. The summed E-state index contributed by atoms with van der Waals surface area (Å²) < 4.78 is 0. The fourth-order valence-electron chi connectivity index (χ4n) is 4.08. The summed E-state index contributed by atoms with van der Waals surface area (Å²) >= 11 is 0. The summed E-state index contributed by atoms with van der Waals surface area (Å²) in [4.78, 5) is 29.2. The number of aromatic nitrogens is 1. The minimum atomic E-state index is -1.04. The third kappa shape index (κ3) is 3.60. The van der Waals surface area contributed by atoms with Crippen LogP contribution >= 0.6 is 0 Å². The van der Waals surface area contributed by atoms with Gasteiger partial charge in [-0.05, 0) is 62.0 Å². The van der Waals surface area contributed by atoms with E-state index in [0.29, 0.717) is 11.6 Å². The molecule has 0 fully saturated rings. The van der Waals surface area contributed by atoms with E-state index in [0.717, 1.165) is 55.2 Å². The van der Waals surface area contributed by atoms with Crippen LogP contribution in [0.25, 0.3) is 10.9 Å². The van der Waals surface area contributed by atoms with Gasteiger partial charge >= 0.3 is 5.97 Å². The van der Waals surface area contributed by atoms with E-state index in [4.69, 9.17) is 5.11 Å². The van der Waals surface area contributed by atoms with Crippen molar-refractivity contribution >= 4 is 22.8 Å². The van der Waals surface area contributed by atoms with Gasteiger partial charge in [-0.1, -0.05) is 13.8 Å². The minimum absolute atomic E-state index is 0.311. The third-order valence-corrected chi connectivity index (χ3v) is 5.11. The predicted octanol–water partition coefficient (Wildman–Crippen LogP) is 2.57. The summed E-state index contributed by atoms with van der Waals surface area (Å²) in [6.07, 6.45) is 6.06. The van der Waals surface area contributed by atoms with Crippen molar-refractivity contribution in [1.82, 2.24) is 15.2 Å². The van der Waals surface area contributed by atoms with Gasteiger partial charge < -0.3 is 15.4 Å². The van der Waals surface area contributed by atoms with Gasteiger partial charge in [0.25, 0.3) is 5.91 Å². The van der Waals surface area contributed by atoms with Gasteiger partial charge in [-0.15, -0.1) is 0 Å². The Hall–Kier alpha value is -2.34. The number of nitrogens with one attached hydrogen (secondary N) is 2. The Morgan fingerprint density at radius 1 is 1.23 bits per heavy atom. The van der Waals surface area contributed by atoms with Crippen LogP contribution in [-0.2, 0) is 17.6 Å². The van der Waals surface area contributed by atoms with Crippen molar-refractivity contribution < 1.29 is 14.7 Å². The smallest absolute Gasteiger partial charge is 0.322 e. The van der Waals surface area contributed by atoms with Crippen LogP contribution < -0.4 is 5.32 Å². The molecule has 0 aliphatic heterocycles. The molecule has 140 valence electrons. The van der Waals surface area contributed by atoms with E-state index in [1.807, 2.05) is 12.1 Å². The average molecular weight is 357 g/mol. The number of nitrogens with zero attached hydrogens (tertiary/aromatic N) is 1. The molecule has 0 spiro atoms. The molecular formula is C20H27N3O3. The number of aromatic amines is 1. The summed E-state index contributed by atoms with van der Waals surface area (Å²) in [6, 6.07) is 4.09. The SMILES string of the molecule is CCCN(CCC)C1Cc2c[nH]c3ccc(C(=O)NCC(=O)O)c(c23)C1. The molecule has 1 heterocycles. The summed E-state index contributed by atoms with van der Waals surface area (Å²) in [7, 11) is 0. The molecule has 3 rings (SSSR count). The molecule has 26 heavy (non-hydrogen) atoms. The maximum Gasteiger partial charge on any atom is 0.322 e. The van der Waals surface area contributed by atoms with Crippen LogP contribution in [0, 0.1) is 0 Å². The Labute approximate surface area is 153 Å². The zero-order valence-electron chi connectivity index (χ0n) is 15.5. The Balaban J connectivity index is 1.95. The minimum Gasteiger partial charge on any atom is -0.480 e. The molecule has 1 aromatic carbocycles. The van der Waals surface area contributed by atoms with Gasteiger partial charge in [0, 0.05) is 28.7 Å². The molecule has 0 radical (unpaired) electrons. The van der Waals surface area contributed by atoms with Gasteiger partial charge in [-0.25, -0.2) is 0 Å². The number of carbonyl (C=O) groups excluding carboxylic acids is 1. The van der Waals surface area contributed by atoms with E-state index in [1.165, 1.54) is 5.56 Å². The van der Waals surface area contributed by atoms with Crippen molar-refractivity contribution in [1.29, 1.82) is 0 Å². The second-order valence-corrected chi connectivity index (χ2v) is 7.00. The first kappa shape index (κ1) is 18.5. The van der Waals surface area contributed by atoms with E-state index >= 15 is 0 Å². The van der Waals surface area contributed by atoms with Crippen molar-refractivity contribution in [2.24, 2.45) is 0 Å². The van der Waals surface area contributed by atoms with Crippen LogP contribution in [0.5, 0.6) is 0 Å². The van der Waals surface area contributed by atoms with E-state index < -0.39 is 5.97 Å². The fourth-order valence-corrected chi connectivity index (χ4v) is 4.08. The molecule has 0 saturated heterocycles.